The second-order valence-electron chi connectivity index (χ2n) is 4.93. The Hall–Kier alpha value is -1.88. The van der Waals surface area contributed by atoms with Gasteiger partial charge in [0.2, 0.25) is 0 Å². The van der Waals surface area contributed by atoms with Crippen LogP contribution in [0.3, 0.4) is 0 Å². The van der Waals surface area contributed by atoms with Gasteiger partial charge < -0.3 is 9.84 Å². The van der Waals surface area contributed by atoms with Gasteiger partial charge in [0.15, 0.2) is 0 Å². The first-order valence-corrected chi connectivity index (χ1v) is 6.58. The monoisotopic (exact) mass is 279 g/mol. The van der Waals surface area contributed by atoms with Crippen molar-refractivity contribution in [3.05, 3.63) is 35.4 Å². The molecule has 0 saturated heterocycles. The van der Waals surface area contributed by atoms with E-state index in [2.05, 4.69) is 5.32 Å². The highest BCUT2D eigenvalue weighted by molar-refractivity contribution is 5.87. The van der Waals surface area contributed by atoms with Gasteiger partial charge in [0.05, 0.1) is 12.7 Å². The summed E-state index contributed by atoms with van der Waals surface area (Å²) in [5.41, 5.74) is 0.439. The maximum Gasteiger partial charge on any atom is 0.335 e. The first-order valence-electron chi connectivity index (χ1n) is 6.58. The van der Waals surface area contributed by atoms with E-state index in [0.717, 1.165) is 12.0 Å². The van der Waals surface area contributed by atoms with Crippen molar-refractivity contribution in [1.82, 2.24) is 5.32 Å². The van der Waals surface area contributed by atoms with Crippen LogP contribution >= 0.6 is 0 Å². The molecule has 1 aromatic carbocycles. The van der Waals surface area contributed by atoms with E-state index in [1.54, 1.807) is 24.3 Å². The number of carbonyl (C=O) groups is 2. The van der Waals surface area contributed by atoms with Crippen LogP contribution in [0.5, 0.6) is 0 Å². The van der Waals surface area contributed by atoms with Crippen molar-refractivity contribution in [1.29, 1.82) is 0 Å². The Balaban J connectivity index is 2.72. The van der Waals surface area contributed by atoms with Gasteiger partial charge >= 0.3 is 11.9 Å². The average Bonchev–Trinajstić information content (AvgIpc) is 2.45. The number of hydrogen-bond donors (Lipinski definition) is 2. The standard InChI is InChI=1S/C15H21NO4/c1-4-9-15(2,14(19)20-3)16-10-11-5-7-12(8-6-11)13(17)18/h5-8,16H,4,9-10H2,1-3H3,(H,17,18). The van der Waals surface area contributed by atoms with Gasteiger partial charge in [-0.2, -0.15) is 0 Å². The molecule has 1 aromatic rings. The van der Waals surface area contributed by atoms with Crippen molar-refractivity contribution in [2.45, 2.75) is 38.8 Å². The van der Waals surface area contributed by atoms with Crippen LogP contribution in [0.1, 0.15) is 42.6 Å². The molecule has 1 atom stereocenters. The summed E-state index contributed by atoms with van der Waals surface area (Å²) in [5, 5.41) is 12.0. The molecule has 2 N–H and O–H groups in total. The minimum absolute atomic E-state index is 0.248. The Labute approximate surface area is 118 Å². The van der Waals surface area contributed by atoms with Gasteiger partial charge in [-0.05, 0) is 31.0 Å². The smallest absolute Gasteiger partial charge is 0.335 e. The molecule has 0 fully saturated rings. The van der Waals surface area contributed by atoms with Crippen LogP contribution in [-0.4, -0.2) is 29.7 Å². The predicted molar refractivity (Wildman–Crippen MR) is 75.6 cm³/mol. The number of hydrogen-bond acceptors (Lipinski definition) is 4. The third kappa shape index (κ3) is 4.06. The highest BCUT2D eigenvalue weighted by Crippen LogP contribution is 2.15. The molecular formula is C15H21NO4. The topological polar surface area (TPSA) is 75.6 Å². The van der Waals surface area contributed by atoms with E-state index in [4.69, 9.17) is 9.84 Å². The Morgan fingerprint density at radius 1 is 1.30 bits per heavy atom. The lowest BCUT2D eigenvalue weighted by Crippen LogP contribution is -2.49. The summed E-state index contributed by atoms with van der Waals surface area (Å²) in [4.78, 5) is 22.6. The first-order chi connectivity index (χ1) is 9.42. The van der Waals surface area contributed by atoms with Gasteiger partial charge in [0, 0.05) is 6.54 Å². The number of nitrogens with one attached hydrogen (secondary N) is 1. The molecule has 0 bridgehead atoms. The lowest BCUT2D eigenvalue weighted by molar-refractivity contribution is -0.148. The second-order valence-corrected chi connectivity index (χ2v) is 4.93. The van der Waals surface area contributed by atoms with E-state index in [9.17, 15) is 9.59 Å². The summed E-state index contributed by atoms with van der Waals surface area (Å²) in [7, 11) is 1.37. The summed E-state index contributed by atoms with van der Waals surface area (Å²) < 4.78 is 4.83. The number of benzene rings is 1. The van der Waals surface area contributed by atoms with Crippen LogP contribution < -0.4 is 5.32 Å². The summed E-state index contributed by atoms with van der Waals surface area (Å²) in [5.74, 6) is -1.24. The van der Waals surface area contributed by atoms with Gasteiger partial charge in [-0.15, -0.1) is 0 Å². The third-order valence-corrected chi connectivity index (χ3v) is 3.27. The Kier molecular flexibility index (Phi) is 5.70. The van der Waals surface area contributed by atoms with Crippen molar-refractivity contribution in [2.75, 3.05) is 7.11 Å². The molecule has 0 radical (unpaired) electrons. The zero-order chi connectivity index (χ0) is 15.2. The molecule has 0 saturated carbocycles. The van der Waals surface area contributed by atoms with Crippen LogP contribution in [-0.2, 0) is 16.1 Å². The maximum absolute atomic E-state index is 11.8. The lowest BCUT2D eigenvalue weighted by atomic mass is 9.95. The average molecular weight is 279 g/mol. The summed E-state index contributed by atoms with van der Waals surface area (Å²) in [6, 6.07) is 6.57. The van der Waals surface area contributed by atoms with Crippen LogP contribution in [0.25, 0.3) is 0 Å². The molecular weight excluding hydrogens is 258 g/mol. The molecule has 110 valence electrons. The number of carboxylic acids is 1. The zero-order valence-corrected chi connectivity index (χ0v) is 12.1. The molecule has 1 unspecified atom stereocenters. The number of carbonyl (C=O) groups excluding carboxylic acids is 1. The lowest BCUT2D eigenvalue weighted by Gasteiger charge is -2.27. The number of carboxylic acid groups (broad SMARTS) is 1. The van der Waals surface area contributed by atoms with E-state index in [0.29, 0.717) is 13.0 Å². The largest absolute Gasteiger partial charge is 0.478 e. The van der Waals surface area contributed by atoms with Gasteiger partial charge in [-0.25, -0.2) is 4.79 Å². The molecule has 0 aromatic heterocycles. The second kappa shape index (κ2) is 7.05. The quantitative estimate of drug-likeness (QED) is 0.748. The third-order valence-electron chi connectivity index (χ3n) is 3.27. The van der Waals surface area contributed by atoms with Crippen molar-refractivity contribution >= 4 is 11.9 Å². The summed E-state index contributed by atoms with van der Waals surface area (Å²) >= 11 is 0. The van der Waals surface area contributed by atoms with E-state index < -0.39 is 11.5 Å². The maximum atomic E-state index is 11.8. The van der Waals surface area contributed by atoms with Gasteiger partial charge in [-0.1, -0.05) is 25.5 Å². The van der Waals surface area contributed by atoms with E-state index in [1.807, 2.05) is 13.8 Å². The molecule has 0 aliphatic rings. The van der Waals surface area contributed by atoms with E-state index in [-0.39, 0.29) is 11.5 Å². The SMILES string of the molecule is CCCC(C)(NCc1ccc(C(=O)O)cc1)C(=O)OC. The molecule has 0 spiro atoms. The zero-order valence-electron chi connectivity index (χ0n) is 12.1. The van der Waals surface area contributed by atoms with Crippen molar-refractivity contribution < 1.29 is 19.4 Å². The van der Waals surface area contributed by atoms with E-state index in [1.165, 1.54) is 7.11 Å². The summed E-state index contributed by atoms with van der Waals surface area (Å²) in [6.45, 7) is 4.30. The number of rotatable bonds is 7. The van der Waals surface area contributed by atoms with Gasteiger partial charge in [0.1, 0.15) is 5.54 Å². The number of methoxy groups -OCH3 is 1. The van der Waals surface area contributed by atoms with Crippen LogP contribution in [0.2, 0.25) is 0 Å². The Bertz CT molecular complexity index is 469. The fourth-order valence-electron chi connectivity index (χ4n) is 2.05. The van der Waals surface area contributed by atoms with Crippen molar-refractivity contribution in [3.8, 4) is 0 Å². The molecule has 0 amide bonds. The predicted octanol–water partition coefficient (Wildman–Crippen LogP) is 2.21. The van der Waals surface area contributed by atoms with Gasteiger partial charge in [-0.3, -0.25) is 10.1 Å². The highest BCUT2D eigenvalue weighted by Gasteiger charge is 2.32. The fraction of sp³-hybridized carbons (Fsp3) is 0.467. The molecule has 0 aliphatic heterocycles. The van der Waals surface area contributed by atoms with E-state index >= 15 is 0 Å². The normalized spacial score (nSPS) is 13.6. The Morgan fingerprint density at radius 2 is 1.90 bits per heavy atom. The molecule has 0 aliphatic carbocycles. The fourth-order valence-corrected chi connectivity index (χ4v) is 2.05. The van der Waals surface area contributed by atoms with Crippen LogP contribution in [0.15, 0.2) is 24.3 Å². The molecule has 0 heterocycles. The highest BCUT2D eigenvalue weighted by atomic mass is 16.5. The Morgan fingerprint density at radius 3 is 2.35 bits per heavy atom. The molecule has 5 nitrogen and oxygen atoms in total. The minimum Gasteiger partial charge on any atom is -0.478 e. The number of esters is 1. The molecule has 5 heteroatoms. The number of aromatic carboxylic acids is 1. The van der Waals surface area contributed by atoms with Crippen LogP contribution in [0, 0.1) is 0 Å². The summed E-state index contributed by atoms with van der Waals surface area (Å²) in [6.07, 6.45) is 1.53. The van der Waals surface area contributed by atoms with Crippen molar-refractivity contribution in [2.24, 2.45) is 0 Å². The van der Waals surface area contributed by atoms with Crippen LogP contribution in [0.4, 0.5) is 0 Å². The van der Waals surface area contributed by atoms with Crippen molar-refractivity contribution in [3.63, 3.8) is 0 Å². The van der Waals surface area contributed by atoms with Gasteiger partial charge in [0.25, 0.3) is 0 Å². The number of ether oxygens (including phenoxy) is 1. The minimum atomic E-state index is -0.949. The molecule has 1 rings (SSSR count). The first kappa shape index (κ1) is 16.2. The molecule has 20 heavy (non-hydrogen) atoms.